The molecule has 20 heavy (non-hydrogen) atoms. The van der Waals surface area contributed by atoms with Crippen LogP contribution in [-0.4, -0.2) is 43.3 Å². The molecule has 116 valence electrons. The van der Waals surface area contributed by atoms with Crippen molar-refractivity contribution in [2.24, 2.45) is 5.92 Å². The number of rotatable bonds is 4. The van der Waals surface area contributed by atoms with E-state index in [2.05, 4.69) is 5.32 Å². The van der Waals surface area contributed by atoms with E-state index in [-0.39, 0.29) is 6.09 Å². The molecule has 1 amide bonds. The minimum atomic E-state index is -0.144. The Kier molecular flexibility index (Phi) is 6.64. The van der Waals surface area contributed by atoms with Crippen LogP contribution in [0.5, 0.6) is 0 Å². The van der Waals surface area contributed by atoms with Gasteiger partial charge < -0.3 is 15.0 Å². The maximum atomic E-state index is 11.6. The molecular formula is C16H30N2O2. The topological polar surface area (TPSA) is 41.6 Å². The van der Waals surface area contributed by atoms with Crippen LogP contribution in [0.2, 0.25) is 0 Å². The fourth-order valence-corrected chi connectivity index (χ4v) is 3.38. The quantitative estimate of drug-likeness (QED) is 0.805. The van der Waals surface area contributed by atoms with E-state index in [9.17, 15) is 4.79 Å². The molecule has 0 bridgehead atoms. The van der Waals surface area contributed by atoms with Crippen molar-refractivity contribution in [1.29, 1.82) is 0 Å². The SMILES string of the molecule is CCOC(=O)N1CCC(NCC2CCCCCC2)CC1. The summed E-state index contributed by atoms with van der Waals surface area (Å²) in [5.41, 5.74) is 0. The minimum absolute atomic E-state index is 0.144. The maximum absolute atomic E-state index is 11.6. The lowest BCUT2D eigenvalue weighted by molar-refractivity contribution is 0.0947. The van der Waals surface area contributed by atoms with Crippen molar-refractivity contribution in [2.75, 3.05) is 26.2 Å². The zero-order chi connectivity index (χ0) is 14.2. The minimum Gasteiger partial charge on any atom is -0.450 e. The van der Waals surface area contributed by atoms with Crippen LogP contribution < -0.4 is 5.32 Å². The lowest BCUT2D eigenvalue weighted by Gasteiger charge is -2.32. The molecular weight excluding hydrogens is 252 g/mol. The molecule has 1 saturated carbocycles. The molecule has 0 aromatic heterocycles. The molecule has 2 rings (SSSR count). The second kappa shape index (κ2) is 8.50. The summed E-state index contributed by atoms with van der Waals surface area (Å²) in [4.78, 5) is 13.5. The Morgan fingerprint density at radius 3 is 2.35 bits per heavy atom. The van der Waals surface area contributed by atoms with Gasteiger partial charge in [0.15, 0.2) is 0 Å². The van der Waals surface area contributed by atoms with E-state index in [4.69, 9.17) is 4.74 Å². The molecule has 1 saturated heterocycles. The molecule has 2 aliphatic rings. The molecule has 1 aliphatic heterocycles. The van der Waals surface area contributed by atoms with Crippen LogP contribution in [0.4, 0.5) is 4.79 Å². The van der Waals surface area contributed by atoms with Crippen molar-refractivity contribution in [3.8, 4) is 0 Å². The van der Waals surface area contributed by atoms with Gasteiger partial charge in [-0.25, -0.2) is 4.79 Å². The van der Waals surface area contributed by atoms with Gasteiger partial charge in [-0.1, -0.05) is 25.7 Å². The van der Waals surface area contributed by atoms with E-state index in [0.29, 0.717) is 12.6 Å². The first-order valence-electron chi connectivity index (χ1n) is 8.44. The number of hydrogen-bond acceptors (Lipinski definition) is 3. The number of carbonyl (C=O) groups excluding carboxylic acids is 1. The predicted molar refractivity (Wildman–Crippen MR) is 80.8 cm³/mol. The standard InChI is InChI=1S/C16H30N2O2/c1-2-20-16(19)18-11-9-15(10-12-18)17-13-14-7-5-3-4-6-8-14/h14-15,17H,2-13H2,1H3. The van der Waals surface area contributed by atoms with Crippen molar-refractivity contribution >= 4 is 6.09 Å². The average molecular weight is 282 g/mol. The van der Waals surface area contributed by atoms with Crippen LogP contribution in [0, 0.1) is 5.92 Å². The Hall–Kier alpha value is -0.770. The zero-order valence-corrected chi connectivity index (χ0v) is 12.9. The number of nitrogens with one attached hydrogen (secondary N) is 1. The Balaban J connectivity index is 1.62. The summed E-state index contributed by atoms with van der Waals surface area (Å²) in [6.45, 7) is 5.17. The fourth-order valence-electron chi connectivity index (χ4n) is 3.38. The Morgan fingerprint density at radius 2 is 1.75 bits per heavy atom. The highest BCUT2D eigenvalue weighted by Gasteiger charge is 2.23. The van der Waals surface area contributed by atoms with Gasteiger partial charge >= 0.3 is 6.09 Å². The second-order valence-corrected chi connectivity index (χ2v) is 6.23. The molecule has 4 nitrogen and oxygen atoms in total. The lowest BCUT2D eigenvalue weighted by Crippen LogP contribution is -2.46. The van der Waals surface area contributed by atoms with Gasteiger partial charge in [-0.2, -0.15) is 0 Å². The molecule has 0 aromatic carbocycles. The maximum Gasteiger partial charge on any atom is 0.409 e. The van der Waals surface area contributed by atoms with Crippen molar-refractivity contribution in [2.45, 2.75) is 64.3 Å². The number of hydrogen-bond donors (Lipinski definition) is 1. The highest BCUT2D eigenvalue weighted by Crippen LogP contribution is 2.22. The van der Waals surface area contributed by atoms with E-state index in [1.807, 2.05) is 11.8 Å². The van der Waals surface area contributed by atoms with Crippen LogP contribution in [0.25, 0.3) is 0 Å². The lowest BCUT2D eigenvalue weighted by atomic mass is 9.98. The number of likely N-dealkylation sites (tertiary alicyclic amines) is 1. The van der Waals surface area contributed by atoms with Gasteiger partial charge in [0, 0.05) is 19.1 Å². The Morgan fingerprint density at radius 1 is 1.10 bits per heavy atom. The molecule has 1 aliphatic carbocycles. The van der Waals surface area contributed by atoms with E-state index in [1.54, 1.807) is 0 Å². The third kappa shape index (κ3) is 4.97. The van der Waals surface area contributed by atoms with Crippen LogP contribution >= 0.6 is 0 Å². The average Bonchev–Trinajstić information content (AvgIpc) is 2.74. The Bertz CT molecular complexity index is 280. The fraction of sp³-hybridized carbons (Fsp3) is 0.938. The van der Waals surface area contributed by atoms with Crippen molar-refractivity contribution < 1.29 is 9.53 Å². The largest absolute Gasteiger partial charge is 0.450 e. The van der Waals surface area contributed by atoms with Gasteiger partial charge in [-0.05, 0) is 45.1 Å². The van der Waals surface area contributed by atoms with Gasteiger partial charge in [0.05, 0.1) is 6.61 Å². The van der Waals surface area contributed by atoms with Crippen molar-refractivity contribution in [3.63, 3.8) is 0 Å². The van der Waals surface area contributed by atoms with Gasteiger partial charge in [0.25, 0.3) is 0 Å². The summed E-state index contributed by atoms with van der Waals surface area (Å²) in [5.74, 6) is 0.876. The first kappa shape index (κ1) is 15.6. The molecule has 0 aromatic rings. The predicted octanol–water partition coefficient (Wildman–Crippen LogP) is 3.17. The van der Waals surface area contributed by atoms with Crippen molar-refractivity contribution in [3.05, 3.63) is 0 Å². The van der Waals surface area contributed by atoms with Crippen molar-refractivity contribution in [1.82, 2.24) is 10.2 Å². The Labute approximate surface area is 123 Å². The molecule has 4 heteroatoms. The molecule has 0 unspecified atom stereocenters. The summed E-state index contributed by atoms with van der Waals surface area (Å²) >= 11 is 0. The van der Waals surface area contributed by atoms with Crippen LogP contribution in [0.3, 0.4) is 0 Å². The zero-order valence-electron chi connectivity index (χ0n) is 12.9. The van der Waals surface area contributed by atoms with E-state index < -0.39 is 0 Å². The first-order chi connectivity index (χ1) is 9.79. The summed E-state index contributed by atoms with van der Waals surface area (Å²) in [5, 5.41) is 3.73. The van der Waals surface area contributed by atoms with Gasteiger partial charge in [0.1, 0.15) is 0 Å². The van der Waals surface area contributed by atoms with Crippen LogP contribution in [0.15, 0.2) is 0 Å². The number of amides is 1. The number of ether oxygens (including phenoxy) is 1. The third-order valence-electron chi connectivity index (χ3n) is 4.69. The summed E-state index contributed by atoms with van der Waals surface area (Å²) in [6.07, 6.45) is 10.4. The summed E-state index contributed by atoms with van der Waals surface area (Å²) in [6, 6.07) is 0.587. The van der Waals surface area contributed by atoms with E-state index in [1.165, 1.54) is 45.1 Å². The second-order valence-electron chi connectivity index (χ2n) is 6.23. The molecule has 2 fully saturated rings. The smallest absolute Gasteiger partial charge is 0.409 e. The summed E-state index contributed by atoms with van der Waals surface area (Å²) in [7, 11) is 0. The summed E-state index contributed by atoms with van der Waals surface area (Å²) < 4.78 is 5.05. The molecule has 0 atom stereocenters. The number of nitrogens with zero attached hydrogens (tertiary/aromatic N) is 1. The molecule has 1 N–H and O–H groups in total. The molecule has 0 radical (unpaired) electrons. The van der Waals surface area contributed by atoms with E-state index in [0.717, 1.165) is 31.8 Å². The highest BCUT2D eigenvalue weighted by atomic mass is 16.6. The third-order valence-corrected chi connectivity index (χ3v) is 4.69. The number of carbonyl (C=O) groups is 1. The number of piperidine rings is 1. The normalized spacial score (nSPS) is 22.6. The molecule has 0 spiro atoms. The highest BCUT2D eigenvalue weighted by molar-refractivity contribution is 5.67. The van der Waals surface area contributed by atoms with Gasteiger partial charge in [-0.3, -0.25) is 0 Å². The monoisotopic (exact) mass is 282 g/mol. The molecule has 1 heterocycles. The van der Waals surface area contributed by atoms with Crippen LogP contribution in [-0.2, 0) is 4.74 Å². The van der Waals surface area contributed by atoms with E-state index >= 15 is 0 Å². The van der Waals surface area contributed by atoms with Gasteiger partial charge in [-0.15, -0.1) is 0 Å². The van der Waals surface area contributed by atoms with Crippen LogP contribution in [0.1, 0.15) is 58.3 Å². The van der Waals surface area contributed by atoms with Gasteiger partial charge in [0.2, 0.25) is 0 Å². The first-order valence-corrected chi connectivity index (χ1v) is 8.44.